The molecule has 0 bridgehead atoms. The molecule has 0 fully saturated rings. The van der Waals surface area contributed by atoms with Gasteiger partial charge in [0, 0.05) is 0 Å². The topological polar surface area (TPSA) is 87.4 Å². The fourth-order valence-corrected chi connectivity index (χ4v) is 3.60. The van der Waals surface area contributed by atoms with Crippen molar-refractivity contribution in [3.05, 3.63) is 59.7 Å². The summed E-state index contributed by atoms with van der Waals surface area (Å²) in [4.78, 5) is 26.8. The van der Waals surface area contributed by atoms with Gasteiger partial charge in [0.05, 0.1) is 31.2 Å². The molecule has 1 aromatic heterocycles. The van der Waals surface area contributed by atoms with Crippen LogP contribution in [0.3, 0.4) is 0 Å². The van der Waals surface area contributed by atoms with Crippen molar-refractivity contribution < 1.29 is 18.9 Å². The quantitative estimate of drug-likeness (QED) is 0.211. The van der Waals surface area contributed by atoms with E-state index in [0.29, 0.717) is 5.56 Å². The van der Waals surface area contributed by atoms with E-state index in [4.69, 9.17) is 0 Å². The van der Waals surface area contributed by atoms with Crippen LogP contribution < -0.4 is 9.99 Å². The number of hydrazone groups is 1. The molecular formula is C20H21N4O3S+. The second-order valence-corrected chi connectivity index (χ2v) is 6.85. The van der Waals surface area contributed by atoms with Crippen LogP contribution >= 0.6 is 11.8 Å². The molecule has 0 spiro atoms. The van der Waals surface area contributed by atoms with Crippen LogP contribution in [0.1, 0.15) is 22.8 Å². The number of nitrogens with one attached hydrogen (secondary N) is 2. The molecule has 0 saturated carbocycles. The Morgan fingerprint density at radius 2 is 1.96 bits per heavy atom. The third-order valence-corrected chi connectivity index (χ3v) is 5.07. The van der Waals surface area contributed by atoms with E-state index in [0.717, 1.165) is 28.3 Å². The Kier molecular flexibility index (Phi) is 6.44. The standard InChI is InChI=1S/C20H20N4O3S/c1-3-24-17-7-5-4-6-16(17)22-20(24)28-13-18(25)23-21-12-14-8-10-15(11-9-14)19(26)27-2/h4-12H,3,13H2,1-2H3,(H,23,25,26)/p+1. The Bertz CT molecular complexity index is 1010. The van der Waals surface area contributed by atoms with Crippen LogP contribution in [0.15, 0.2) is 58.8 Å². The lowest BCUT2D eigenvalue weighted by molar-refractivity contribution is -0.705. The molecule has 0 aliphatic carbocycles. The summed E-state index contributed by atoms with van der Waals surface area (Å²) in [6.07, 6.45) is 1.53. The minimum atomic E-state index is -0.393. The normalized spacial score (nSPS) is 11.1. The number of hydrogen-bond acceptors (Lipinski definition) is 5. The summed E-state index contributed by atoms with van der Waals surface area (Å²) in [6.45, 7) is 2.88. The van der Waals surface area contributed by atoms with Crippen LogP contribution in [-0.2, 0) is 16.1 Å². The maximum Gasteiger partial charge on any atom is 0.337 e. The first kappa shape index (κ1) is 19.6. The number of ether oxygens (including phenoxy) is 1. The average Bonchev–Trinajstić information content (AvgIpc) is 3.09. The summed E-state index contributed by atoms with van der Waals surface area (Å²) < 4.78 is 6.79. The van der Waals surface area contributed by atoms with Gasteiger partial charge in [0.2, 0.25) is 0 Å². The van der Waals surface area contributed by atoms with Gasteiger partial charge in [-0.05, 0) is 48.5 Å². The van der Waals surface area contributed by atoms with E-state index < -0.39 is 5.97 Å². The van der Waals surface area contributed by atoms with E-state index in [1.54, 1.807) is 24.3 Å². The number of hydrogen-bond donors (Lipinski definition) is 2. The molecule has 1 amide bonds. The number of fused-ring (bicyclic) bond motifs is 1. The van der Waals surface area contributed by atoms with Gasteiger partial charge >= 0.3 is 11.1 Å². The SMILES string of the molecule is CC[n+]1c(SCC(=O)NN=Cc2ccc(C(=O)OC)cc2)[nH]c2ccccc21. The molecule has 0 aliphatic heterocycles. The number of esters is 1. The van der Waals surface area contributed by atoms with Crippen molar-refractivity contribution in [2.24, 2.45) is 5.10 Å². The number of aromatic amines is 1. The molecule has 0 saturated heterocycles. The molecule has 2 N–H and O–H groups in total. The maximum atomic E-state index is 12.1. The van der Waals surface area contributed by atoms with Crippen molar-refractivity contribution in [3.63, 3.8) is 0 Å². The highest BCUT2D eigenvalue weighted by atomic mass is 32.2. The number of nitrogens with zero attached hydrogens (tertiary/aromatic N) is 2. The predicted molar refractivity (Wildman–Crippen MR) is 108 cm³/mol. The van der Waals surface area contributed by atoms with Crippen LogP contribution in [0.4, 0.5) is 0 Å². The highest BCUT2D eigenvalue weighted by molar-refractivity contribution is 7.99. The number of methoxy groups -OCH3 is 1. The van der Waals surface area contributed by atoms with Crippen LogP contribution in [0.2, 0.25) is 0 Å². The predicted octanol–water partition coefficient (Wildman–Crippen LogP) is 2.50. The third-order valence-electron chi connectivity index (χ3n) is 4.07. The van der Waals surface area contributed by atoms with Crippen molar-refractivity contribution >= 4 is 40.9 Å². The van der Waals surface area contributed by atoms with Crippen LogP contribution in [0.25, 0.3) is 11.0 Å². The summed E-state index contributed by atoms with van der Waals surface area (Å²) >= 11 is 1.43. The molecule has 0 aliphatic rings. The lowest BCUT2D eigenvalue weighted by Crippen LogP contribution is -2.34. The molecule has 0 atom stereocenters. The Balaban J connectivity index is 1.55. The van der Waals surface area contributed by atoms with E-state index >= 15 is 0 Å². The summed E-state index contributed by atoms with van der Waals surface area (Å²) in [6, 6.07) is 14.8. The highest BCUT2D eigenvalue weighted by Gasteiger charge is 2.18. The Hall–Kier alpha value is -3.13. The van der Waals surface area contributed by atoms with Crippen molar-refractivity contribution in [3.8, 4) is 0 Å². The second-order valence-electron chi connectivity index (χ2n) is 5.89. The van der Waals surface area contributed by atoms with Crippen LogP contribution in [0.5, 0.6) is 0 Å². The first-order chi connectivity index (χ1) is 13.6. The fraction of sp³-hybridized carbons (Fsp3) is 0.200. The molecule has 0 radical (unpaired) electrons. The van der Waals surface area contributed by atoms with Gasteiger partial charge < -0.3 is 4.74 Å². The van der Waals surface area contributed by atoms with Gasteiger partial charge in [0.1, 0.15) is 0 Å². The van der Waals surface area contributed by atoms with E-state index in [2.05, 4.69) is 37.8 Å². The van der Waals surface area contributed by atoms with Gasteiger partial charge in [-0.2, -0.15) is 5.10 Å². The third kappa shape index (κ3) is 4.58. The first-order valence-corrected chi connectivity index (χ1v) is 9.74. The molecule has 8 heteroatoms. The van der Waals surface area contributed by atoms with Gasteiger partial charge in [-0.1, -0.05) is 24.3 Å². The zero-order chi connectivity index (χ0) is 19.9. The average molecular weight is 397 g/mol. The summed E-state index contributed by atoms with van der Waals surface area (Å²) in [5, 5.41) is 4.89. The molecule has 1 heterocycles. The number of thioether (sulfide) groups is 1. The summed E-state index contributed by atoms with van der Waals surface area (Å²) in [7, 11) is 1.34. The highest BCUT2D eigenvalue weighted by Crippen LogP contribution is 2.17. The van der Waals surface area contributed by atoms with Crippen molar-refractivity contribution in [2.45, 2.75) is 18.6 Å². The molecule has 3 rings (SSSR count). The van der Waals surface area contributed by atoms with E-state index in [9.17, 15) is 9.59 Å². The number of H-pyrrole nitrogens is 1. The fourth-order valence-electron chi connectivity index (χ4n) is 2.70. The Labute approximate surface area is 166 Å². The minimum Gasteiger partial charge on any atom is -0.465 e. The molecule has 3 aromatic rings. The number of aryl methyl sites for hydroxylation is 1. The van der Waals surface area contributed by atoms with Gasteiger partial charge in [-0.25, -0.2) is 19.8 Å². The second kappa shape index (κ2) is 9.18. The first-order valence-electron chi connectivity index (χ1n) is 8.76. The number of imidazole rings is 1. The monoisotopic (exact) mass is 397 g/mol. The number of rotatable bonds is 7. The van der Waals surface area contributed by atoms with E-state index in [1.807, 2.05) is 18.2 Å². The largest absolute Gasteiger partial charge is 0.465 e. The zero-order valence-corrected chi connectivity index (χ0v) is 16.5. The number of benzene rings is 2. The number of carbonyl (C=O) groups is 2. The van der Waals surface area contributed by atoms with Crippen molar-refractivity contribution in [1.82, 2.24) is 10.4 Å². The number of amides is 1. The molecule has 28 heavy (non-hydrogen) atoms. The number of para-hydroxylation sites is 2. The number of aromatic nitrogens is 2. The minimum absolute atomic E-state index is 0.200. The molecule has 0 unspecified atom stereocenters. The molecule has 7 nitrogen and oxygen atoms in total. The van der Waals surface area contributed by atoms with Gasteiger partial charge in [0.15, 0.2) is 11.0 Å². The summed E-state index contributed by atoms with van der Waals surface area (Å²) in [5.74, 6) is -0.352. The Morgan fingerprint density at radius 3 is 2.68 bits per heavy atom. The number of carbonyl (C=O) groups excluding carboxylic acids is 2. The van der Waals surface area contributed by atoms with E-state index in [1.165, 1.54) is 25.1 Å². The molecular weight excluding hydrogens is 376 g/mol. The Morgan fingerprint density at radius 1 is 1.21 bits per heavy atom. The van der Waals surface area contributed by atoms with Gasteiger partial charge in [-0.3, -0.25) is 4.79 Å². The van der Waals surface area contributed by atoms with Gasteiger partial charge in [0.25, 0.3) is 5.91 Å². The summed E-state index contributed by atoms with van der Waals surface area (Å²) in [5.41, 5.74) is 5.90. The lowest BCUT2D eigenvalue weighted by atomic mass is 10.1. The molecule has 144 valence electrons. The maximum absolute atomic E-state index is 12.1. The van der Waals surface area contributed by atoms with Crippen LogP contribution in [-0.4, -0.2) is 35.9 Å². The van der Waals surface area contributed by atoms with E-state index in [-0.39, 0.29) is 11.7 Å². The van der Waals surface area contributed by atoms with Crippen molar-refractivity contribution in [1.29, 1.82) is 0 Å². The van der Waals surface area contributed by atoms with Crippen LogP contribution in [0, 0.1) is 0 Å². The van der Waals surface area contributed by atoms with Gasteiger partial charge in [-0.15, -0.1) is 0 Å². The lowest BCUT2D eigenvalue weighted by Gasteiger charge is -2.00. The zero-order valence-electron chi connectivity index (χ0n) is 15.6. The van der Waals surface area contributed by atoms with Crippen molar-refractivity contribution in [2.75, 3.05) is 12.9 Å². The smallest absolute Gasteiger partial charge is 0.337 e. The molecule has 2 aromatic carbocycles.